The first kappa shape index (κ1) is 30.0. The fourth-order valence-corrected chi connectivity index (χ4v) is 5.78. The fourth-order valence-electron chi connectivity index (χ4n) is 5.17. The molecule has 0 aliphatic carbocycles. The zero-order chi connectivity index (χ0) is 31.7. The van der Waals surface area contributed by atoms with Crippen LogP contribution < -0.4 is 5.32 Å². The summed E-state index contributed by atoms with van der Waals surface area (Å²) in [5, 5.41) is 10.3. The third-order valence-electron chi connectivity index (χ3n) is 7.38. The normalized spacial score (nSPS) is 11.8. The number of imidazole rings is 1. The number of unbranched alkanes of at least 4 members (excludes halogenated alkanes) is 1. The van der Waals surface area contributed by atoms with Crippen LogP contribution in [0.2, 0.25) is 0 Å². The first-order chi connectivity index (χ1) is 21.6. The number of aryl methyl sites for hydroxylation is 1. The number of amides is 1. The molecular weight excluding hydrogens is 600 g/mol. The average Bonchev–Trinajstić information content (AvgIpc) is 3.63. The van der Waals surface area contributed by atoms with E-state index in [0.717, 1.165) is 19.1 Å². The lowest BCUT2D eigenvalue weighted by Gasteiger charge is -2.08. The van der Waals surface area contributed by atoms with Crippen molar-refractivity contribution in [2.75, 3.05) is 17.3 Å². The van der Waals surface area contributed by atoms with Gasteiger partial charge in [0, 0.05) is 41.6 Å². The van der Waals surface area contributed by atoms with Gasteiger partial charge < -0.3 is 10.3 Å². The number of H-pyrrole nitrogens is 2. The molecule has 0 unspecified atom stereocenters. The third-order valence-corrected chi connectivity index (χ3v) is 8.33. The van der Waals surface area contributed by atoms with Gasteiger partial charge in [0.1, 0.15) is 26.9 Å². The summed E-state index contributed by atoms with van der Waals surface area (Å²) in [4.78, 5) is 28.7. The van der Waals surface area contributed by atoms with Gasteiger partial charge in [0.05, 0.1) is 23.2 Å². The van der Waals surface area contributed by atoms with Gasteiger partial charge >= 0.3 is 0 Å². The van der Waals surface area contributed by atoms with Crippen molar-refractivity contribution in [1.29, 1.82) is 0 Å². The molecule has 4 aromatic heterocycles. The van der Waals surface area contributed by atoms with Crippen LogP contribution in [0.15, 0.2) is 61.1 Å². The summed E-state index contributed by atoms with van der Waals surface area (Å²) in [6.45, 7) is 2.01. The third kappa shape index (κ3) is 6.58. The number of aromatic nitrogens is 6. The largest absolute Gasteiger partial charge is 0.335 e. The molecule has 2 aromatic carbocycles. The van der Waals surface area contributed by atoms with E-state index < -0.39 is 21.5 Å². The maximum atomic E-state index is 15.3. The number of pyridine rings is 2. The quantitative estimate of drug-likeness (QED) is 0.163. The van der Waals surface area contributed by atoms with Gasteiger partial charge in [-0.05, 0) is 65.9 Å². The number of sulfone groups is 1. The second kappa shape index (κ2) is 12.2. The number of hydrogen-bond donors (Lipinski definition) is 3. The molecule has 0 bridgehead atoms. The number of anilines is 1. The molecule has 0 fully saturated rings. The molecule has 0 aliphatic rings. The highest BCUT2D eigenvalue weighted by atomic mass is 32.2. The SMILES string of the molecule is CCCCC(=O)Nc1cncc(-c2cc(F)c3n[nH]c(-c4nc5nccc(-c6cc(F)cc(CCS(C)(=O)=O)c6)c5[nH]4)c3c2)c1. The Hall–Kier alpha value is -5.04. The molecular formula is C32H29F2N7O3S. The number of nitrogens with zero attached hydrogens (tertiary/aromatic N) is 4. The smallest absolute Gasteiger partial charge is 0.224 e. The van der Waals surface area contributed by atoms with E-state index in [0.29, 0.717) is 68.0 Å². The van der Waals surface area contributed by atoms with E-state index in [1.54, 1.807) is 36.7 Å². The summed E-state index contributed by atoms with van der Waals surface area (Å²) in [5.41, 5.74) is 4.70. The number of hydrogen-bond acceptors (Lipinski definition) is 7. The maximum absolute atomic E-state index is 15.3. The number of benzene rings is 2. The van der Waals surface area contributed by atoms with E-state index in [4.69, 9.17) is 0 Å². The van der Waals surface area contributed by atoms with E-state index >= 15 is 4.39 Å². The number of halogens is 2. The van der Waals surface area contributed by atoms with Gasteiger partial charge in [-0.25, -0.2) is 27.2 Å². The second-order valence-corrected chi connectivity index (χ2v) is 13.2. The highest BCUT2D eigenvalue weighted by Crippen LogP contribution is 2.34. The van der Waals surface area contributed by atoms with E-state index in [2.05, 4.69) is 35.5 Å². The Kier molecular flexibility index (Phi) is 8.11. The van der Waals surface area contributed by atoms with Gasteiger partial charge in [-0.2, -0.15) is 5.10 Å². The van der Waals surface area contributed by atoms with Gasteiger partial charge in [-0.15, -0.1) is 0 Å². The minimum absolute atomic E-state index is 0.102. The van der Waals surface area contributed by atoms with Crippen molar-refractivity contribution in [2.24, 2.45) is 0 Å². The van der Waals surface area contributed by atoms with Crippen molar-refractivity contribution >= 4 is 43.5 Å². The van der Waals surface area contributed by atoms with Gasteiger partial charge in [-0.3, -0.25) is 14.9 Å². The molecule has 1 amide bonds. The minimum atomic E-state index is -3.23. The van der Waals surface area contributed by atoms with Crippen LogP contribution in [-0.4, -0.2) is 56.5 Å². The van der Waals surface area contributed by atoms with E-state index in [9.17, 15) is 17.6 Å². The Labute approximate surface area is 257 Å². The zero-order valence-electron chi connectivity index (χ0n) is 24.5. The lowest BCUT2D eigenvalue weighted by atomic mass is 10.0. The predicted molar refractivity (Wildman–Crippen MR) is 169 cm³/mol. The Balaban J connectivity index is 1.38. The van der Waals surface area contributed by atoms with E-state index in [-0.39, 0.29) is 23.6 Å². The van der Waals surface area contributed by atoms with Crippen LogP contribution in [0.4, 0.5) is 14.5 Å². The molecule has 0 radical (unpaired) electrons. The Morgan fingerprint density at radius 2 is 1.87 bits per heavy atom. The van der Waals surface area contributed by atoms with Crippen molar-refractivity contribution in [2.45, 2.75) is 32.6 Å². The molecule has 0 spiro atoms. The van der Waals surface area contributed by atoms with Crippen molar-refractivity contribution in [3.05, 3.63) is 78.3 Å². The lowest BCUT2D eigenvalue weighted by molar-refractivity contribution is -0.116. The standard InChI is InChI=1S/C32H29F2N7O3S/c1-3-4-5-27(42)37-23-13-21(16-35-17-23)19-14-25-28(26(34)15-19)40-41-30(25)32-38-29-24(6-8-36-31(29)39-32)20-10-18(11-22(33)12-20)7-9-45(2,43)44/h6,8,10-17H,3-5,7,9H2,1-2H3,(H,37,42)(H,40,41)(H,36,38,39). The summed E-state index contributed by atoms with van der Waals surface area (Å²) < 4.78 is 53.3. The van der Waals surface area contributed by atoms with Gasteiger partial charge in [0.15, 0.2) is 17.3 Å². The molecule has 230 valence electrons. The summed E-state index contributed by atoms with van der Waals surface area (Å²) >= 11 is 0. The van der Waals surface area contributed by atoms with Crippen LogP contribution in [0.3, 0.4) is 0 Å². The molecule has 6 rings (SSSR count). The van der Waals surface area contributed by atoms with Gasteiger partial charge in [-0.1, -0.05) is 19.4 Å². The molecule has 6 aromatic rings. The van der Waals surface area contributed by atoms with Crippen molar-refractivity contribution in [3.63, 3.8) is 0 Å². The van der Waals surface area contributed by atoms with Crippen LogP contribution >= 0.6 is 0 Å². The summed E-state index contributed by atoms with van der Waals surface area (Å²) in [5.74, 6) is -0.931. The summed E-state index contributed by atoms with van der Waals surface area (Å²) in [6.07, 6.45) is 8.06. The number of fused-ring (bicyclic) bond motifs is 2. The predicted octanol–water partition coefficient (Wildman–Crippen LogP) is 6.22. The van der Waals surface area contributed by atoms with Gasteiger partial charge in [0.25, 0.3) is 0 Å². The minimum Gasteiger partial charge on any atom is -0.335 e. The number of rotatable bonds is 10. The lowest BCUT2D eigenvalue weighted by Crippen LogP contribution is -2.11. The van der Waals surface area contributed by atoms with E-state index in [1.165, 1.54) is 24.4 Å². The molecule has 10 nitrogen and oxygen atoms in total. The van der Waals surface area contributed by atoms with Crippen LogP contribution in [0.1, 0.15) is 31.7 Å². The number of carbonyl (C=O) groups is 1. The Bertz CT molecular complexity index is 2180. The molecule has 45 heavy (non-hydrogen) atoms. The van der Waals surface area contributed by atoms with Crippen molar-refractivity contribution < 1.29 is 22.0 Å². The maximum Gasteiger partial charge on any atom is 0.224 e. The average molecular weight is 630 g/mol. The van der Waals surface area contributed by atoms with Crippen LogP contribution in [0.5, 0.6) is 0 Å². The first-order valence-electron chi connectivity index (χ1n) is 14.3. The molecule has 13 heteroatoms. The van der Waals surface area contributed by atoms with Crippen LogP contribution in [-0.2, 0) is 21.1 Å². The molecule has 0 aliphatic heterocycles. The highest BCUT2D eigenvalue weighted by Gasteiger charge is 2.19. The van der Waals surface area contributed by atoms with Crippen molar-refractivity contribution in [1.82, 2.24) is 30.1 Å². The number of carbonyl (C=O) groups excluding carboxylic acids is 1. The molecule has 0 atom stereocenters. The summed E-state index contributed by atoms with van der Waals surface area (Å²) in [7, 11) is -3.23. The first-order valence-corrected chi connectivity index (χ1v) is 16.4. The summed E-state index contributed by atoms with van der Waals surface area (Å²) in [6, 6.07) is 11.0. The topological polar surface area (TPSA) is 146 Å². The second-order valence-electron chi connectivity index (χ2n) is 10.9. The highest BCUT2D eigenvalue weighted by molar-refractivity contribution is 7.90. The number of aromatic amines is 2. The number of nitrogens with one attached hydrogen (secondary N) is 3. The Morgan fingerprint density at radius 1 is 1.02 bits per heavy atom. The Morgan fingerprint density at radius 3 is 2.67 bits per heavy atom. The van der Waals surface area contributed by atoms with Crippen LogP contribution in [0.25, 0.3) is 55.8 Å². The van der Waals surface area contributed by atoms with E-state index in [1.807, 2.05) is 6.92 Å². The van der Waals surface area contributed by atoms with Gasteiger partial charge in [0.2, 0.25) is 5.91 Å². The monoisotopic (exact) mass is 629 g/mol. The van der Waals surface area contributed by atoms with Crippen molar-refractivity contribution in [3.8, 4) is 33.8 Å². The zero-order valence-corrected chi connectivity index (χ0v) is 25.3. The molecule has 0 saturated heterocycles. The molecule has 3 N–H and O–H groups in total. The molecule has 0 saturated carbocycles. The van der Waals surface area contributed by atoms with Crippen LogP contribution in [0, 0.1) is 11.6 Å². The fraction of sp³-hybridized carbons (Fsp3) is 0.219. The molecule has 4 heterocycles.